The van der Waals surface area contributed by atoms with Crippen LogP contribution in [0.4, 0.5) is 0 Å². The first kappa shape index (κ1) is 15.1. The van der Waals surface area contributed by atoms with E-state index in [1.54, 1.807) is 0 Å². The summed E-state index contributed by atoms with van der Waals surface area (Å²) < 4.78 is 5.66. The zero-order valence-electron chi connectivity index (χ0n) is 12.4. The molecule has 0 spiro atoms. The summed E-state index contributed by atoms with van der Waals surface area (Å²) >= 11 is 1.82. The second kappa shape index (κ2) is 7.46. The van der Waals surface area contributed by atoms with Gasteiger partial charge in [0.1, 0.15) is 5.75 Å². The third-order valence-corrected chi connectivity index (χ3v) is 4.09. The zero-order chi connectivity index (χ0) is 14.4. The van der Waals surface area contributed by atoms with E-state index in [2.05, 4.69) is 41.9 Å². The van der Waals surface area contributed by atoms with Crippen LogP contribution in [0.5, 0.6) is 5.75 Å². The highest BCUT2D eigenvalue weighted by Gasteiger charge is 2.05. The molecule has 0 fully saturated rings. The van der Waals surface area contributed by atoms with Gasteiger partial charge in [0.25, 0.3) is 0 Å². The van der Waals surface area contributed by atoms with Crippen molar-refractivity contribution in [2.24, 2.45) is 0 Å². The molecule has 108 valence electrons. The highest BCUT2D eigenvalue weighted by molar-refractivity contribution is 7.09. The minimum absolute atomic E-state index is 0.224. The summed E-state index contributed by atoms with van der Waals surface area (Å²) in [7, 11) is 0. The number of ether oxygens (including phenoxy) is 1. The molecule has 3 heteroatoms. The first-order valence-electron chi connectivity index (χ1n) is 7.17. The lowest BCUT2D eigenvalue weighted by Gasteiger charge is -2.15. The molecule has 0 saturated heterocycles. The van der Waals surface area contributed by atoms with Gasteiger partial charge < -0.3 is 10.1 Å². The molecule has 1 heterocycles. The molecular weight excluding hydrogens is 266 g/mol. The van der Waals surface area contributed by atoms with E-state index < -0.39 is 0 Å². The second-order valence-corrected chi connectivity index (χ2v) is 6.27. The molecule has 2 nitrogen and oxygen atoms in total. The van der Waals surface area contributed by atoms with Gasteiger partial charge in [-0.3, -0.25) is 0 Å². The van der Waals surface area contributed by atoms with E-state index in [-0.39, 0.29) is 6.10 Å². The van der Waals surface area contributed by atoms with E-state index in [4.69, 9.17) is 4.74 Å². The largest absolute Gasteiger partial charge is 0.491 e. The Balaban J connectivity index is 1.81. The summed E-state index contributed by atoms with van der Waals surface area (Å²) in [6, 6.07) is 13.0. The van der Waals surface area contributed by atoms with Gasteiger partial charge in [-0.05, 0) is 56.3 Å². The number of benzene rings is 1. The van der Waals surface area contributed by atoms with Gasteiger partial charge in [-0.15, -0.1) is 11.3 Å². The summed E-state index contributed by atoms with van der Waals surface area (Å²) in [6.07, 6.45) is 1.32. The number of thiophene rings is 1. The highest BCUT2D eigenvalue weighted by atomic mass is 32.1. The van der Waals surface area contributed by atoms with Crippen molar-refractivity contribution in [3.63, 3.8) is 0 Å². The molecule has 1 atom stereocenters. The highest BCUT2D eigenvalue weighted by Crippen LogP contribution is 2.18. The van der Waals surface area contributed by atoms with Gasteiger partial charge >= 0.3 is 0 Å². The molecule has 0 radical (unpaired) electrons. The van der Waals surface area contributed by atoms with Crippen LogP contribution >= 0.6 is 11.3 Å². The third-order valence-electron chi connectivity index (χ3n) is 3.15. The molecule has 0 bridgehead atoms. The van der Waals surface area contributed by atoms with Crippen LogP contribution in [0.15, 0.2) is 41.8 Å². The topological polar surface area (TPSA) is 21.3 Å². The van der Waals surface area contributed by atoms with Crippen molar-refractivity contribution in [2.45, 2.75) is 39.3 Å². The van der Waals surface area contributed by atoms with Crippen molar-refractivity contribution in [1.82, 2.24) is 5.32 Å². The Kier molecular flexibility index (Phi) is 5.62. The lowest BCUT2D eigenvalue weighted by atomic mass is 10.1. The summed E-state index contributed by atoms with van der Waals surface area (Å²) in [5, 5.41) is 5.69. The van der Waals surface area contributed by atoms with E-state index in [0.717, 1.165) is 18.7 Å². The normalized spacial score (nSPS) is 12.6. The van der Waals surface area contributed by atoms with E-state index >= 15 is 0 Å². The summed E-state index contributed by atoms with van der Waals surface area (Å²) in [5.41, 5.74) is 1.30. The molecule has 0 amide bonds. The summed E-state index contributed by atoms with van der Waals surface area (Å²) in [4.78, 5) is 1.44. The van der Waals surface area contributed by atoms with E-state index in [9.17, 15) is 0 Å². The summed E-state index contributed by atoms with van der Waals surface area (Å²) in [6.45, 7) is 7.30. The molecule has 20 heavy (non-hydrogen) atoms. The lowest BCUT2D eigenvalue weighted by Crippen LogP contribution is -2.21. The predicted molar refractivity (Wildman–Crippen MR) is 86.6 cm³/mol. The fraction of sp³-hybridized carbons (Fsp3) is 0.412. The van der Waals surface area contributed by atoms with E-state index in [1.807, 2.05) is 37.3 Å². The van der Waals surface area contributed by atoms with Gasteiger partial charge in [-0.25, -0.2) is 0 Å². The Morgan fingerprint density at radius 1 is 1.10 bits per heavy atom. The van der Waals surface area contributed by atoms with Crippen molar-refractivity contribution < 1.29 is 4.74 Å². The SMILES string of the molecule is CC(C)Oc1ccc(C(C)NCCc2cccs2)cc1. The molecule has 1 N–H and O–H groups in total. The number of nitrogens with one attached hydrogen (secondary N) is 1. The van der Waals surface area contributed by atoms with Crippen LogP contribution in [0.3, 0.4) is 0 Å². The first-order valence-corrected chi connectivity index (χ1v) is 8.05. The first-order chi connectivity index (χ1) is 9.65. The molecule has 1 aromatic carbocycles. The van der Waals surface area contributed by atoms with E-state index in [1.165, 1.54) is 10.4 Å². The fourth-order valence-electron chi connectivity index (χ4n) is 2.09. The molecule has 2 aromatic rings. The maximum Gasteiger partial charge on any atom is 0.119 e. The molecule has 0 aliphatic rings. The quantitative estimate of drug-likeness (QED) is 0.814. The molecule has 0 saturated carbocycles. The number of hydrogen-bond donors (Lipinski definition) is 1. The van der Waals surface area contributed by atoms with Crippen LogP contribution in [0.25, 0.3) is 0 Å². The maximum absolute atomic E-state index is 5.66. The van der Waals surface area contributed by atoms with Gasteiger partial charge in [0, 0.05) is 17.5 Å². The Morgan fingerprint density at radius 3 is 2.45 bits per heavy atom. The van der Waals surface area contributed by atoms with Crippen LogP contribution in [0.1, 0.15) is 37.3 Å². The van der Waals surface area contributed by atoms with Crippen LogP contribution < -0.4 is 10.1 Å². The average Bonchev–Trinajstić information content (AvgIpc) is 2.92. The Hall–Kier alpha value is -1.32. The smallest absolute Gasteiger partial charge is 0.119 e. The van der Waals surface area contributed by atoms with Gasteiger partial charge in [-0.2, -0.15) is 0 Å². The van der Waals surface area contributed by atoms with Gasteiger partial charge in [0.2, 0.25) is 0 Å². The van der Waals surface area contributed by atoms with Crippen molar-refractivity contribution in [3.05, 3.63) is 52.2 Å². The van der Waals surface area contributed by atoms with Gasteiger partial charge in [0.05, 0.1) is 6.10 Å². The van der Waals surface area contributed by atoms with Gasteiger partial charge in [-0.1, -0.05) is 18.2 Å². The van der Waals surface area contributed by atoms with Crippen molar-refractivity contribution in [1.29, 1.82) is 0 Å². The predicted octanol–water partition coefficient (Wildman–Crippen LogP) is 4.43. The Labute approximate surface area is 125 Å². The number of hydrogen-bond acceptors (Lipinski definition) is 3. The van der Waals surface area contributed by atoms with Crippen molar-refractivity contribution in [2.75, 3.05) is 6.54 Å². The standard InChI is InChI=1S/C17H23NOS/c1-13(2)19-16-8-6-15(7-9-16)14(3)18-11-10-17-5-4-12-20-17/h4-9,12-14,18H,10-11H2,1-3H3. The lowest BCUT2D eigenvalue weighted by molar-refractivity contribution is 0.242. The minimum atomic E-state index is 0.224. The van der Waals surface area contributed by atoms with E-state index in [0.29, 0.717) is 6.04 Å². The zero-order valence-corrected chi connectivity index (χ0v) is 13.2. The molecule has 1 aromatic heterocycles. The van der Waals surface area contributed by atoms with Gasteiger partial charge in [0.15, 0.2) is 0 Å². The van der Waals surface area contributed by atoms with Crippen LogP contribution in [-0.4, -0.2) is 12.6 Å². The average molecular weight is 289 g/mol. The maximum atomic E-state index is 5.66. The Bertz CT molecular complexity index is 490. The third kappa shape index (κ3) is 4.66. The number of rotatable bonds is 7. The fourth-order valence-corrected chi connectivity index (χ4v) is 2.80. The van der Waals surface area contributed by atoms with Crippen molar-refractivity contribution >= 4 is 11.3 Å². The van der Waals surface area contributed by atoms with Crippen molar-refractivity contribution in [3.8, 4) is 5.75 Å². The van der Waals surface area contributed by atoms with Crippen LogP contribution in [0.2, 0.25) is 0 Å². The molecular formula is C17H23NOS. The van der Waals surface area contributed by atoms with Crippen LogP contribution in [0, 0.1) is 0 Å². The molecule has 1 unspecified atom stereocenters. The second-order valence-electron chi connectivity index (χ2n) is 5.24. The molecule has 0 aliphatic carbocycles. The minimum Gasteiger partial charge on any atom is -0.491 e. The Morgan fingerprint density at radius 2 is 1.85 bits per heavy atom. The summed E-state index contributed by atoms with van der Waals surface area (Å²) in [5.74, 6) is 0.939. The molecule has 2 rings (SSSR count). The molecule has 0 aliphatic heterocycles. The monoisotopic (exact) mass is 289 g/mol. The van der Waals surface area contributed by atoms with Crippen LogP contribution in [-0.2, 0) is 6.42 Å².